The predicted molar refractivity (Wildman–Crippen MR) is 75.6 cm³/mol. The Hall–Kier alpha value is -0.700. The van der Waals surface area contributed by atoms with Gasteiger partial charge in [-0.05, 0) is 26.7 Å². The Balaban J connectivity index is 2.17. The van der Waals surface area contributed by atoms with Crippen molar-refractivity contribution < 1.29 is 13.5 Å². The summed E-state index contributed by atoms with van der Waals surface area (Å²) in [6.45, 7) is 4.06. The summed E-state index contributed by atoms with van der Waals surface area (Å²) in [4.78, 5) is 5.18. The number of aliphatic hydroxyl groups excluding tert-OH is 1. The molecule has 1 unspecified atom stereocenters. The Kier molecular flexibility index (Phi) is 4.44. The highest BCUT2D eigenvalue weighted by molar-refractivity contribution is 7.90. The second-order valence-electron chi connectivity index (χ2n) is 4.71. The molecule has 0 spiro atoms. The van der Waals surface area contributed by atoms with Crippen molar-refractivity contribution in [1.29, 1.82) is 0 Å². The molecule has 108 valence electrons. The minimum atomic E-state index is -3.63. The fourth-order valence-electron chi connectivity index (χ4n) is 2.16. The van der Waals surface area contributed by atoms with Crippen LogP contribution in [0.2, 0.25) is 0 Å². The van der Waals surface area contributed by atoms with E-state index in [1.165, 1.54) is 15.6 Å². The van der Waals surface area contributed by atoms with Gasteiger partial charge in [0.1, 0.15) is 0 Å². The molecule has 0 bridgehead atoms. The molecule has 0 radical (unpaired) electrons. The summed E-state index contributed by atoms with van der Waals surface area (Å²) in [5.74, 6) is 0. The van der Waals surface area contributed by atoms with E-state index in [2.05, 4.69) is 9.71 Å². The van der Waals surface area contributed by atoms with Gasteiger partial charge in [0.15, 0.2) is 5.13 Å². The van der Waals surface area contributed by atoms with Crippen LogP contribution in [0, 0.1) is 13.8 Å². The zero-order valence-corrected chi connectivity index (χ0v) is 12.7. The molecular formula is C11H19N3O3S2. The SMILES string of the molecule is Cc1nc(NS(=O)(=O)N2CCCCC2CO)sc1C. The van der Waals surface area contributed by atoms with E-state index in [9.17, 15) is 13.5 Å². The average molecular weight is 305 g/mol. The van der Waals surface area contributed by atoms with Crippen LogP contribution in [-0.4, -0.2) is 42.0 Å². The van der Waals surface area contributed by atoms with E-state index in [4.69, 9.17) is 0 Å². The summed E-state index contributed by atoms with van der Waals surface area (Å²) in [6.07, 6.45) is 2.48. The van der Waals surface area contributed by atoms with Gasteiger partial charge in [-0.3, -0.25) is 0 Å². The third-order valence-electron chi connectivity index (χ3n) is 3.34. The van der Waals surface area contributed by atoms with Gasteiger partial charge in [0.05, 0.1) is 12.3 Å². The van der Waals surface area contributed by atoms with Crippen LogP contribution in [0.25, 0.3) is 0 Å². The number of aromatic nitrogens is 1. The van der Waals surface area contributed by atoms with E-state index >= 15 is 0 Å². The third kappa shape index (κ3) is 3.25. The third-order valence-corrected chi connectivity index (χ3v) is 6.00. The molecule has 0 amide bonds. The van der Waals surface area contributed by atoms with Crippen molar-refractivity contribution in [2.75, 3.05) is 17.9 Å². The number of piperidine rings is 1. The number of nitrogens with one attached hydrogen (secondary N) is 1. The van der Waals surface area contributed by atoms with Gasteiger partial charge in [0, 0.05) is 17.5 Å². The Bertz CT molecular complexity index is 522. The summed E-state index contributed by atoms with van der Waals surface area (Å²) in [5, 5.41) is 9.68. The normalized spacial score (nSPS) is 21.5. The highest BCUT2D eigenvalue weighted by Crippen LogP contribution is 2.25. The largest absolute Gasteiger partial charge is 0.395 e. The van der Waals surface area contributed by atoms with Crippen LogP contribution in [0.3, 0.4) is 0 Å². The minimum Gasteiger partial charge on any atom is -0.395 e. The van der Waals surface area contributed by atoms with Gasteiger partial charge in [-0.25, -0.2) is 9.71 Å². The number of anilines is 1. The fraction of sp³-hybridized carbons (Fsp3) is 0.727. The van der Waals surface area contributed by atoms with E-state index in [1.54, 1.807) is 0 Å². The Labute approximate surface area is 117 Å². The summed E-state index contributed by atoms with van der Waals surface area (Å²) >= 11 is 1.32. The molecule has 1 aliphatic heterocycles. The Morgan fingerprint density at radius 2 is 2.21 bits per heavy atom. The average Bonchev–Trinajstić information content (AvgIpc) is 2.67. The molecule has 19 heavy (non-hydrogen) atoms. The molecule has 2 rings (SSSR count). The minimum absolute atomic E-state index is 0.142. The van der Waals surface area contributed by atoms with E-state index in [0.29, 0.717) is 18.1 Å². The second-order valence-corrected chi connectivity index (χ2v) is 7.54. The van der Waals surface area contributed by atoms with E-state index in [0.717, 1.165) is 23.4 Å². The summed E-state index contributed by atoms with van der Waals surface area (Å²) in [6, 6.07) is -0.326. The lowest BCUT2D eigenvalue weighted by Crippen LogP contribution is -2.47. The standard InChI is InChI=1S/C11H19N3O3S2/c1-8-9(2)18-11(12-8)13-19(16,17)14-6-4-3-5-10(14)7-15/h10,15H,3-7H2,1-2H3,(H,12,13). The lowest BCUT2D eigenvalue weighted by molar-refractivity contribution is 0.156. The first-order valence-electron chi connectivity index (χ1n) is 6.28. The first-order valence-corrected chi connectivity index (χ1v) is 8.54. The maximum atomic E-state index is 12.3. The Morgan fingerprint density at radius 3 is 2.79 bits per heavy atom. The van der Waals surface area contributed by atoms with Crippen molar-refractivity contribution in [3.63, 3.8) is 0 Å². The number of hydrogen-bond acceptors (Lipinski definition) is 5. The van der Waals surface area contributed by atoms with Crippen molar-refractivity contribution in [1.82, 2.24) is 9.29 Å². The van der Waals surface area contributed by atoms with Gasteiger partial charge in [0.25, 0.3) is 0 Å². The zero-order chi connectivity index (χ0) is 14.0. The first-order chi connectivity index (χ1) is 8.94. The van der Waals surface area contributed by atoms with Crippen molar-refractivity contribution in [3.05, 3.63) is 10.6 Å². The van der Waals surface area contributed by atoms with Crippen LogP contribution in [0.5, 0.6) is 0 Å². The van der Waals surface area contributed by atoms with Crippen LogP contribution in [0.1, 0.15) is 29.8 Å². The smallest absolute Gasteiger partial charge is 0.303 e. The lowest BCUT2D eigenvalue weighted by atomic mass is 10.1. The predicted octanol–water partition coefficient (Wildman–Crippen LogP) is 1.26. The molecule has 0 saturated carbocycles. The van der Waals surface area contributed by atoms with E-state index in [-0.39, 0.29) is 12.6 Å². The molecular weight excluding hydrogens is 286 g/mol. The maximum Gasteiger partial charge on any atom is 0.303 e. The highest BCUT2D eigenvalue weighted by Gasteiger charge is 2.32. The summed E-state index contributed by atoms with van der Waals surface area (Å²) in [5.41, 5.74) is 0.833. The number of rotatable bonds is 4. The number of hydrogen-bond donors (Lipinski definition) is 2. The molecule has 1 saturated heterocycles. The van der Waals surface area contributed by atoms with Crippen molar-refractivity contribution in [2.45, 2.75) is 39.2 Å². The number of aryl methyl sites for hydroxylation is 2. The molecule has 1 atom stereocenters. The molecule has 6 nitrogen and oxygen atoms in total. The molecule has 1 aliphatic rings. The first kappa shape index (κ1) is 14.7. The summed E-state index contributed by atoms with van der Waals surface area (Å²) in [7, 11) is -3.63. The Morgan fingerprint density at radius 1 is 1.47 bits per heavy atom. The van der Waals surface area contributed by atoms with Gasteiger partial charge >= 0.3 is 10.2 Å². The molecule has 8 heteroatoms. The van der Waals surface area contributed by atoms with Crippen LogP contribution >= 0.6 is 11.3 Å². The molecule has 1 fully saturated rings. The highest BCUT2D eigenvalue weighted by atomic mass is 32.2. The molecule has 1 aromatic rings. The molecule has 1 aromatic heterocycles. The monoisotopic (exact) mass is 305 g/mol. The van der Waals surface area contributed by atoms with Crippen LogP contribution in [0.15, 0.2) is 0 Å². The number of nitrogens with zero attached hydrogens (tertiary/aromatic N) is 2. The molecule has 2 N–H and O–H groups in total. The zero-order valence-electron chi connectivity index (χ0n) is 11.1. The van der Waals surface area contributed by atoms with Gasteiger partial charge in [-0.2, -0.15) is 12.7 Å². The van der Waals surface area contributed by atoms with Crippen LogP contribution in [0.4, 0.5) is 5.13 Å². The van der Waals surface area contributed by atoms with Crippen molar-refractivity contribution in [2.24, 2.45) is 0 Å². The molecule has 0 aromatic carbocycles. The maximum absolute atomic E-state index is 12.3. The van der Waals surface area contributed by atoms with Gasteiger partial charge in [0.2, 0.25) is 0 Å². The topological polar surface area (TPSA) is 82.5 Å². The fourth-order valence-corrected chi connectivity index (χ4v) is 4.62. The lowest BCUT2D eigenvalue weighted by Gasteiger charge is -2.33. The van der Waals surface area contributed by atoms with Gasteiger partial charge < -0.3 is 5.11 Å². The number of thiazole rings is 1. The second kappa shape index (κ2) is 5.74. The summed E-state index contributed by atoms with van der Waals surface area (Å²) < 4.78 is 28.5. The van der Waals surface area contributed by atoms with Crippen LogP contribution < -0.4 is 4.72 Å². The van der Waals surface area contributed by atoms with Gasteiger partial charge in [-0.1, -0.05) is 6.42 Å². The quantitative estimate of drug-likeness (QED) is 0.877. The van der Waals surface area contributed by atoms with E-state index in [1.807, 2.05) is 13.8 Å². The van der Waals surface area contributed by atoms with Crippen LogP contribution in [-0.2, 0) is 10.2 Å². The van der Waals surface area contributed by atoms with Gasteiger partial charge in [-0.15, -0.1) is 11.3 Å². The van der Waals surface area contributed by atoms with Crippen molar-refractivity contribution >= 4 is 26.7 Å². The van der Waals surface area contributed by atoms with E-state index < -0.39 is 10.2 Å². The molecule has 2 heterocycles. The number of aliphatic hydroxyl groups is 1. The van der Waals surface area contributed by atoms with Crippen molar-refractivity contribution in [3.8, 4) is 0 Å². The molecule has 0 aliphatic carbocycles.